The van der Waals surface area contributed by atoms with E-state index >= 15 is 0 Å². The van der Waals surface area contributed by atoms with Crippen molar-refractivity contribution >= 4 is 33.8 Å². The summed E-state index contributed by atoms with van der Waals surface area (Å²) < 4.78 is 2.17. The smallest absolute Gasteiger partial charge is 0.263 e. The number of H-pyrrole nitrogens is 1. The molecule has 0 saturated carbocycles. The van der Waals surface area contributed by atoms with E-state index in [1.165, 1.54) is 23.3 Å². The highest BCUT2D eigenvalue weighted by Gasteiger charge is 2.19. The molecule has 0 spiro atoms. The summed E-state index contributed by atoms with van der Waals surface area (Å²) in [5.74, 6) is 0. The zero-order chi connectivity index (χ0) is 15.8. The molecule has 118 valence electrons. The first-order chi connectivity index (χ1) is 11.2. The van der Waals surface area contributed by atoms with Gasteiger partial charge in [-0.05, 0) is 61.2 Å². The first-order valence-corrected chi connectivity index (χ1v) is 9.13. The number of aromatic nitrogens is 3. The van der Waals surface area contributed by atoms with E-state index < -0.39 is 0 Å². The van der Waals surface area contributed by atoms with Crippen LogP contribution in [0.4, 0.5) is 0 Å². The molecule has 3 heterocycles. The van der Waals surface area contributed by atoms with Crippen LogP contribution in [0.25, 0.3) is 10.2 Å². The molecule has 4 rings (SSSR count). The standard InChI is InChI=1S/C17H17N3OS2/c21-16-14-12-4-2-1-3-5-13(12)23-15(14)19-17(22)20(16)10-11-6-8-18-9-7-11/h6-9H,1-5,10H2,(H,19,22). The first kappa shape index (κ1) is 14.8. The third-order valence-electron chi connectivity index (χ3n) is 4.44. The topological polar surface area (TPSA) is 50.7 Å². The highest BCUT2D eigenvalue weighted by molar-refractivity contribution is 7.71. The third kappa shape index (κ3) is 2.66. The lowest BCUT2D eigenvalue weighted by Crippen LogP contribution is -2.23. The maximum Gasteiger partial charge on any atom is 0.263 e. The normalized spacial score (nSPS) is 14.6. The molecule has 0 unspecified atom stereocenters. The Hall–Kier alpha value is -1.79. The van der Waals surface area contributed by atoms with Crippen LogP contribution in [0, 0.1) is 4.77 Å². The van der Waals surface area contributed by atoms with Crippen LogP contribution >= 0.6 is 23.6 Å². The van der Waals surface area contributed by atoms with Gasteiger partial charge in [-0.2, -0.15) is 0 Å². The lowest BCUT2D eigenvalue weighted by Gasteiger charge is -2.07. The fraction of sp³-hybridized carbons (Fsp3) is 0.353. The number of hydrogen-bond acceptors (Lipinski definition) is 4. The van der Waals surface area contributed by atoms with Crippen molar-refractivity contribution in [2.24, 2.45) is 0 Å². The van der Waals surface area contributed by atoms with E-state index in [1.807, 2.05) is 12.1 Å². The van der Waals surface area contributed by atoms with Crippen LogP contribution in [-0.4, -0.2) is 14.5 Å². The second kappa shape index (κ2) is 6.02. The first-order valence-electron chi connectivity index (χ1n) is 7.90. The molecule has 0 bridgehead atoms. The number of aromatic amines is 1. The van der Waals surface area contributed by atoms with E-state index in [1.54, 1.807) is 28.3 Å². The van der Waals surface area contributed by atoms with Gasteiger partial charge in [-0.25, -0.2) is 0 Å². The number of nitrogens with zero attached hydrogens (tertiary/aromatic N) is 2. The predicted molar refractivity (Wildman–Crippen MR) is 95.9 cm³/mol. The molecule has 3 aromatic heterocycles. The Balaban J connectivity index is 1.90. The van der Waals surface area contributed by atoms with Crippen molar-refractivity contribution in [1.82, 2.24) is 14.5 Å². The Kier molecular flexibility index (Phi) is 3.87. The lowest BCUT2D eigenvalue weighted by molar-refractivity contribution is 0.711. The average molecular weight is 343 g/mol. The fourth-order valence-corrected chi connectivity index (χ4v) is 4.86. The van der Waals surface area contributed by atoms with Gasteiger partial charge in [0.1, 0.15) is 4.83 Å². The van der Waals surface area contributed by atoms with Crippen molar-refractivity contribution in [2.75, 3.05) is 0 Å². The predicted octanol–water partition coefficient (Wildman–Crippen LogP) is 3.83. The molecule has 1 aliphatic rings. The summed E-state index contributed by atoms with van der Waals surface area (Å²) in [6.07, 6.45) is 9.19. The molecule has 1 aliphatic carbocycles. The number of pyridine rings is 1. The van der Waals surface area contributed by atoms with Crippen LogP contribution in [0.1, 0.15) is 35.3 Å². The number of nitrogens with one attached hydrogen (secondary N) is 1. The Morgan fingerprint density at radius 3 is 2.83 bits per heavy atom. The summed E-state index contributed by atoms with van der Waals surface area (Å²) >= 11 is 7.14. The number of thiophene rings is 1. The van der Waals surface area contributed by atoms with E-state index in [2.05, 4.69) is 9.97 Å². The minimum Gasteiger partial charge on any atom is -0.323 e. The summed E-state index contributed by atoms with van der Waals surface area (Å²) in [4.78, 5) is 22.7. The molecule has 0 amide bonds. The van der Waals surface area contributed by atoms with Gasteiger partial charge in [-0.15, -0.1) is 11.3 Å². The van der Waals surface area contributed by atoms with E-state index in [-0.39, 0.29) is 5.56 Å². The van der Waals surface area contributed by atoms with Crippen molar-refractivity contribution in [3.63, 3.8) is 0 Å². The van der Waals surface area contributed by atoms with Crippen molar-refractivity contribution in [2.45, 2.75) is 38.6 Å². The molecule has 1 N–H and O–H groups in total. The Morgan fingerprint density at radius 1 is 1.22 bits per heavy atom. The fourth-order valence-electron chi connectivity index (χ4n) is 3.26. The van der Waals surface area contributed by atoms with Crippen LogP contribution in [0.3, 0.4) is 0 Å². The minimum atomic E-state index is 0.0416. The Bertz CT molecular complexity index is 969. The Morgan fingerprint density at radius 2 is 2.00 bits per heavy atom. The van der Waals surface area contributed by atoms with Gasteiger partial charge < -0.3 is 4.98 Å². The van der Waals surface area contributed by atoms with Gasteiger partial charge in [0.25, 0.3) is 5.56 Å². The number of rotatable bonds is 2. The molecule has 23 heavy (non-hydrogen) atoms. The molecule has 0 radical (unpaired) electrons. The average Bonchev–Trinajstić information content (AvgIpc) is 2.74. The summed E-state index contributed by atoms with van der Waals surface area (Å²) in [5.41, 5.74) is 2.32. The molecule has 0 aromatic carbocycles. The molecular formula is C17H17N3OS2. The largest absolute Gasteiger partial charge is 0.323 e. The van der Waals surface area contributed by atoms with Gasteiger partial charge in [0.2, 0.25) is 0 Å². The Labute approximate surface area is 142 Å². The number of aryl methyl sites for hydroxylation is 2. The quantitative estimate of drug-likeness (QED) is 0.568. The summed E-state index contributed by atoms with van der Waals surface area (Å²) in [6.45, 7) is 0.483. The highest BCUT2D eigenvalue weighted by Crippen LogP contribution is 2.32. The van der Waals surface area contributed by atoms with Crippen LogP contribution in [0.15, 0.2) is 29.3 Å². The number of hydrogen-bond donors (Lipinski definition) is 1. The maximum atomic E-state index is 13.1. The van der Waals surface area contributed by atoms with E-state index in [0.717, 1.165) is 35.0 Å². The maximum absolute atomic E-state index is 13.1. The third-order valence-corrected chi connectivity index (χ3v) is 5.97. The summed E-state index contributed by atoms with van der Waals surface area (Å²) in [7, 11) is 0. The van der Waals surface area contributed by atoms with Crippen molar-refractivity contribution < 1.29 is 0 Å². The molecule has 6 heteroatoms. The molecule has 3 aromatic rings. The number of fused-ring (bicyclic) bond motifs is 3. The van der Waals surface area contributed by atoms with E-state index in [0.29, 0.717) is 11.3 Å². The van der Waals surface area contributed by atoms with E-state index in [9.17, 15) is 4.79 Å². The van der Waals surface area contributed by atoms with Gasteiger partial charge in [0.15, 0.2) is 4.77 Å². The van der Waals surface area contributed by atoms with Crippen LogP contribution in [-0.2, 0) is 19.4 Å². The van der Waals surface area contributed by atoms with Gasteiger partial charge in [0.05, 0.1) is 11.9 Å². The second-order valence-corrected chi connectivity index (χ2v) is 7.44. The second-order valence-electron chi connectivity index (χ2n) is 5.95. The minimum absolute atomic E-state index is 0.0416. The summed E-state index contributed by atoms with van der Waals surface area (Å²) in [6, 6.07) is 3.83. The van der Waals surface area contributed by atoms with Gasteiger partial charge in [0, 0.05) is 17.3 Å². The molecule has 0 saturated heterocycles. The lowest BCUT2D eigenvalue weighted by atomic mass is 10.1. The van der Waals surface area contributed by atoms with Crippen LogP contribution < -0.4 is 5.56 Å². The van der Waals surface area contributed by atoms with Crippen molar-refractivity contribution in [1.29, 1.82) is 0 Å². The molecule has 0 aliphatic heterocycles. The zero-order valence-electron chi connectivity index (χ0n) is 12.7. The molecule has 0 fully saturated rings. The highest BCUT2D eigenvalue weighted by atomic mass is 32.1. The van der Waals surface area contributed by atoms with Crippen molar-refractivity contribution in [3.05, 3.63) is 55.7 Å². The van der Waals surface area contributed by atoms with Crippen LogP contribution in [0.2, 0.25) is 0 Å². The van der Waals surface area contributed by atoms with Crippen molar-refractivity contribution in [3.8, 4) is 0 Å². The van der Waals surface area contributed by atoms with Gasteiger partial charge in [-0.1, -0.05) is 6.42 Å². The van der Waals surface area contributed by atoms with Gasteiger partial charge >= 0.3 is 0 Å². The summed E-state index contributed by atoms with van der Waals surface area (Å²) in [5, 5.41) is 0.856. The molecule has 0 atom stereocenters. The molecule has 4 nitrogen and oxygen atoms in total. The molecular weight excluding hydrogens is 326 g/mol. The van der Waals surface area contributed by atoms with Crippen LogP contribution in [0.5, 0.6) is 0 Å². The SMILES string of the molecule is O=c1c2c3c(sc2[nH]c(=S)n1Cc1ccncc1)CCCCC3. The van der Waals surface area contributed by atoms with E-state index in [4.69, 9.17) is 12.2 Å². The monoisotopic (exact) mass is 343 g/mol. The zero-order valence-corrected chi connectivity index (χ0v) is 14.3. The van der Waals surface area contributed by atoms with Gasteiger partial charge in [-0.3, -0.25) is 14.3 Å².